The molecular weight excluding hydrogens is 268 g/mol. The lowest BCUT2D eigenvalue weighted by atomic mass is 9.75. The lowest BCUT2D eigenvalue weighted by Crippen LogP contribution is -2.52. The van der Waals surface area contributed by atoms with E-state index in [9.17, 15) is 9.59 Å². The molecule has 21 heavy (non-hydrogen) atoms. The summed E-state index contributed by atoms with van der Waals surface area (Å²) in [7, 11) is 0. The molecule has 0 radical (unpaired) electrons. The number of likely N-dealkylation sites (tertiary alicyclic amines) is 1. The van der Waals surface area contributed by atoms with Crippen LogP contribution in [0.4, 0.5) is 0 Å². The van der Waals surface area contributed by atoms with E-state index in [1.165, 1.54) is 0 Å². The lowest BCUT2D eigenvalue weighted by Gasteiger charge is -2.36. The van der Waals surface area contributed by atoms with Gasteiger partial charge in [-0.2, -0.15) is 0 Å². The molecule has 2 rings (SSSR count). The molecule has 2 aliphatic rings. The average Bonchev–Trinajstić information content (AvgIpc) is 2.91. The van der Waals surface area contributed by atoms with Crippen LogP contribution in [-0.4, -0.2) is 55.5 Å². The molecule has 4 N–H and O–H groups in total. The number of hydrogen-bond acceptors (Lipinski definition) is 4. The summed E-state index contributed by atoms with van der Waals surface area (Å²) in [6.07, 6.45) is 2.69. The van der Waals surface area contributed by atoms with E-state index in [1.807, 2.05) is 0 Å². The van der Waals surface area contributed by atoms with Crippen LogP contribution in [0.2, 0.25) is 0 Å². The van der Waals surface area contributed by atoms with E-state index in [0.717, 1.165) is 45.4 Å². The van der Waals surface area contributed by atoms with Crippen molar-refractivity contribution in [2.75, 3.05) is 32.7 Å². The van der Waals surface area contributed by atoms with Gasteiger partial charge in [-0.25, -0.2) is 0 Å². The Bertz CT molecular complexity index is 383. The van der Waals surface area contributed by atoms with E-state index in [-0.39, 0.29) is 23.3 Å². The molecule has 2 heterocycles. The molecule has 6 nitrogen and oxygen atoms in total. The molecule has 0 aliphatic carbocycles. The minimum atomic E-state index is -0.284. The Balaban J connectivity index is 1.85. The molecule has 6 heteroatoms. The van der Waals surface area contributed by atoms with Gasteiger partial charge in [0.15, 0.2) is 0 Å². The van der Waals surface area contributed by atoms with Gasteiger partial charge in [-0.1, -0.05) is 13.8 Å². The summed E-state index contributed by atoms with van der Waals surface area (Å²) in [4.78, 5) is 25.7. The minimum absolute atomic E-state index is 0.191. The number of carbonyl (C=O) groups is 2. The van der Waals surface area contributed by atoms with Gasteiger partial charge in [-0.15, -0.1) is 0 Å². The molecule has 0 aromatic heterocycles. The normalized spacial score (nSPS) is 28.0. The second-order valence-electron chi connectivity index (χ2n) is 6.73. The number of piperidine rings is 1. The van der Waals surface area contributed by atoms with Crippen LogP contribution in [0.5, 0.6) is 0 Å². The number of rotatable bonds is 5. The van der Waals surface area contributed by atoms with E-state index < -0.39 is 0 Å². The van der Waals surface area contributed by atoms with Crippen LogP contribution in [0.25, 0.3) is 0 Å². The molecule has 1 atom stereocenters. The number of primary amides is 1. The van der Waals surface area contributed by atoms with E-state index in [2.05, 4.69) is 29.4 Å². The fourth-order valence-corrected chi connectivity index (χ4v) is 3.45. The maximum absolute atomic E-state index is 12.7. The lowest BCUT2D eigenvalue weighted by molar-refractivity contribution is -0.133. The van der Waals surface area contributed by atoms with Crippen molar-refractivity contribution in [1.29, 1.82) is 0 Å². The second-order valence-corrected chi connectivity index (χ2v) is 6.73. The van der Waals surface area contributed by atoms with Gasteiger partial charge < -0.3 is 16.4 Å². The van der Waals surface area contributed by atoms with E-state index in [1.54, 1.807) is 0 Å². The Morgan fingerprint density at radius 3 is 2.52 bits per heavy atom. The molecule has 2 amide bonds. The zero-order valence-electron chi connectivity index (χ0n) is 13.2. The molecule has 2 saturated heterocycles. The SMILES string of the molecule is CC(C)C1(C(=O)NC2CCN(CC(N)=O)CC2)CCNC1. The maximum atomic E-state index is 12.7. The fourth-order valence-electron chi connectivity index (χ4n) is 3.45. The Morgan fingerprint density at radius 2 is 2.05 bits per heavy atom. The number of nitrogens with two attached hydrogens (primary N) is 1. The smallest absolute Gasteiger partial charge is 0.231 e. The Labute approximate surface area is 126 Å². The van der Waals surface area contributed by atoms with E-state index >= 15 is 0 Å². The molecule has 0 saturated carbocycles. The van der Waals surface area contributed by atoms with Gasteiger partial charge in [0.05, 0.1) is 12.0 Å². The molecule has 0 aromatic carbocycles. The number of amides is 2. The molecular formula is C15H28N4O2. The first-order chi connectivity index (χ1) is 9.94. The Hall–Kier alpha value is -1.14. The third kappa shape index (κ3) is 3.74. The summed E-state index contributed by atoms with van der Waals surface area (Å²) in [5.74, 6) is 0.242. The predicted molar refractivity (Wildman–Crippen MR) is 81.6 cm³/mol. The molecule has 0 bridgehead atoms. The van der Waals surface area contributed by atoms with E-state index in [0.29, 0.717) is 12.5 Å². The monoisotopic (exact) mass is 296 g/mol. The highest BCUT2D eigenvalue weighted by molar-refractivity contribution is 5.84. The van der Waals surface area contributed by atoms with Crippen molar-refractivity contribution in [3.8, 4) is 0 Å². The first-order valence-corrected chi connectivity index (χ1v) is 7.96. The van der Waals surface area contributed by atoms with Gasteiger partial charge in [0.2, 0.25) is 11.8 Å². The molecule has 120 valence electrons. The van der Waals surface area contributed by atoms with Crippen molar-refractivity contribution in [3.63, 3.8) is 0 Å². The van der Waals surface area contributed by atoms with Crippen molar-refractivity contribution in [2.24, 2.45) is 17.1 Å². The zero-order valence-corrected chi connectivity index (χ0v) is 13.2. The molecule has 2 aliphatic heterocycles. The third-order valence-electron chi connectivity index (χ3n) is 5.05. The Morgan fingerprint density at radius 1 is 1.38 bits per heavy atom. The van der Waals surface area contributed by atoms with Crippen LogP contribution >= 0.6 is 0 Å². The van der Waals surface area contributed by atoms with Crippen molar-refractivity contribution >= 4 is 11.8 Å². The van der Waals surface area contributed by atoms with Gasteiger partial charge in [0.1, 0.15) is 0 Å². The van der Waals surface area contributed by atoms with Crippen LogP contribution in [0.3, 0.4) is 0 Å². The van der Waals surface area contributed by atoms with Crippen molar-refractivity contribution < 1.29 is 9.59 Å². The highest BCUT2D eigenvalue weighted by Crippen LogP contribution is 2.34. The number of nitrogens with one attached hydrogen (secondary N) is 2. The summed E-state index contributed by atoms with van der Waals surface area (Å²) in [5, 5.41) is 6.56. The molecule has 0 spiro atoms. The van der Waals surface area contributed by atoms with Crippen LogP contribution < -0.4 is 16.4 Å². The van der Waals surface area contributed by atoms with Crippen molar-refractivity contribution in [1.82, 2.24) is 15.5 Å². The van der Waals surface area contributed by atoms with Gasteiger partial charge in [-0.05, 0) is 31.7 Å². The van der Waals surface area contributed by atoms with Crippen LogP contribution in [-0.2, 0) is 9.59 Å². The summed E-state index contributed by atoms with van der Waals surface area (Å²) in [6, 6.07) is 0.220. The topological polar surface area (TPSA) is 87.5 Å². The van der Waals surface area contributed by atoms with Gasteiger partial charge in [0.25, 0.3) is 0 Å². The van der Waals surface area contributed by atoms with Crippen molar-refractivity contribution in [3.05, 3.63) is 0 Å². The fraction of sp³-hybridized carbons (Fsp3) is 0.867. The molecule has 2 fully saturated rings. The first kappa shape index (κ1) is 16.2. The zero-order chi connectivity index (χ0) is 15.5. The number of nitrogens with zero attached hydrogens (tertiary/aromatic N) is 1. The Kier molecular flexibility index (Phi) is 5.22. The largest absolute Gasteiger partial charge is 0.369 e. The summed E-state index contributed by atoms with van der Waals surface area (Å²) in [6.45, 7) is 7.91. The first-order valence-electron chi connectivity index (χ1n) is 7.96. The number of carbonyl (C=O) groups excluding carboxylic acids is 2. The van der Waals surface area contributed by atoms with Gasteiger partial charge >= 0.3 is 0 Å². The highest BCUT2D eigenvalue weighted by Gasteiger charge is 2.44. The second kappa shape index (κ2) is 6.75. The van der Waals surface area contributed by atoms with E-state index in [4.69, 9.17) is 5.73 Å². The standard InChI is InChI=1S/C15H28N4O2/c1-11(2)15(5-6-17-10-15)14(21)18-12-3-7-19(8-4-12)9-13(16)20/h11-12,17H,3-10H2,1-2H3,(H2,16,20)(H,18,21). The number of hydrogen-bond donors (Lipinski definition) is 3. The third-order valence-corrected chi connectivity index (χ3v) is 5.05. The average molecular weight is 296 g/mol. The van der Waals surface area contributed by atoms with Gasteiger partial charge in [0, 0.05) is 25.7 Å². The maximum Gasteiger partial charge on any atom is 0.231 e. The van der Waals surface area contributed by atoms with Crippen molar-refractivity contribution in [2.45, 2.75) is 39.2 Å². The summed E-state index contributed by atoms with van der Waals surface area (Å²) < 4.78 is 0. The summed E-state index contributed by atoms with van der Waals surface area (Å²) in [5.41, 5.74) is 4.96. The predicted octanol–water partition coefficient (Wildman–Crippen LogP) is -0.312. The van der Waals surface area contributed by atoms with Crippen LogP contribution in [0.1, 0.15) is 33.1 Å². The quantitative estimate of drug-likeness (QED) is 0.649. The van der Waals surface area contributed by atoms with Gasteiger partial charge in [-0.3, -0.25) is 14.5 Å². The minimum Gasteiger partial charge on any atom is -0.369 e. The summed E-state index contributed by atoms with van der Waals surface area (Å²) >= 11 is 0. The highest BCUT2D eigenvalue weighted by atomic mass is 16.2. The molecule has 1 unspecified atom stereocenters. The van der Waals surface area contributed by atoms with Crippen LogP contribution in [0, 0.1) is 11.3 Å². The molecule has 0 aromatic rings. The van der Waals surface area contributed by atoms with Crippen LogP contribution in [0.15, 0.2) is 0 Å².